The number of esters is 7. The lowest BCUT2D eigenvalue weighted by Crippen LogP contribution is -2.19. The molecule has 3 unspecified atom stereocenters. The lowest BCUT2D eigenvalue weighted by molar-refractivity contribution is -0.148. The topological polar surface area (TPSA) is 184 Å². The number of carbonyl (C=O) groups is 7. The number of carbonyl (C=O) groups excluding carboxylic acids is 7. The molecular formula is C80H154O14. The standard InChI is InChI=1S/C23H42O6.C21H40O4.C19H38O2.C17H34O2/c1-5-6-10-14-21(28-19(2)24)16-13-17-22(29-20(3)25)15-11-8-7-9-12-18-23(26)27-4;1-4-5-6-7-8-10-13-16-20(25-19(2)22)17-14-11-9-12-15-18-21(23)24-3;1-3-4-5-6-7-8-9-10-11-12-13-14-15-16-17-18-19(20)21-2;1-3-4-5-6-7-8-9-10-11-12-13-14-15-16-17(18)19-2/h21-22H,5-18H2,1-4H3;20H,4-18H2,1-3H3;3-18H2,1-2H3;3-16H2,1-2H3. The molecule has 94 heavy (non-hydrogen) atoms. The van der Waals surface area contributed by atoms with E-state index < -0.39 is 0 Å². The van der Waals surface area contributed by atoms with Crippen molar-refractivity contribution in [2.24, 2.45) is 0 Å². The first-order valence-electron chi connectivity index (χ1n) is 39.4. The molecule has 14 heteroatoms. The SMILES string of the molecule is CCCCCC(CCCC(CCCCCCCC(=O)OC)OC(C)=O)OC(C)=O.CCCCCCCCCC(CCCCCCCC(=O)OC)OC(C)=O.CCCCCCCCCCCCCCCC(=O)OC.CCCCCCCCCCCCCCCCCC(=O)OC. The van der Waals surface area contributed by atoms with Gasteiger partial charge >= 0.3 is 41.8 Å². The molecule has 0 radical (unpaired) electrons. The molecule has 0 aliphatic heterocycles. The molecule has 0 spiro atoms. The molecule has 0 aliphatic carbocycles. The average molecular weight is 1340 g/mol. The summed E-state index contributed by atoms with van der Waals surface area (Å²) in [6.07, 6.45) is 68.8. The maximum absolute atomic E-state index is 11.4. The Kier molecular flexibility index (Phi) is 84.0. The highest BCUT2D eigenvalue weighted by molar-refractivity contribution is 5.70. The smallest absolute Gasteiger partial charge is 0.305 e. The molecule has 3 atom stereocenters. The summed E-state index contributed by atoms with van der Waals surface area (Å²) in [5, 5.41) is 0. The Hall–Kier alpha value is -3.71. The molecule has 0 saturated carbocycles. The van der Waals surface area contributed by atoms with E-state index in [1.54, 1.807) is 0 Å². The van der Waals surface area contributed by atoms with E-state index in [0.717, 1.165) is 148 Å². The molecule has 558 valence electrons. The molecule has 0 aromatic heterocycles. The van der Waals surface area contributed by atoms with Crippen molar-refractivity contribution in [3.8, 4) is 0 Å². The van der Waals surface area contributed by atoms with E-state index in [0.29, 0.717) is 25.7 Å². The third-order valence-corrected chi connectivity index (χ3v) is 17.5. The average Bonchev–Trinajstić information content (AvgIpc) is 3.76. The third-order valence-electron chi connectivity index (χ3n) is 17.5. The second kappa shape index (κ2) is 81.7. The zero-order valence-corrected chi connectivity index (χ0v) is 63.7. The summed E-state index contributed by atoms with van der Waals surface area (Å²) >= 11 is 0. The van der Waals surface area contributed by atoms with Crippen LogP contribution in [0, 0.1) is 0 Å². The number of unbranched alkanes of at least 4 members (excludes halogenated alkanes) is 42. The Labute approximate surface area is 580 Å². The molecule has 0 rings (SSSR count). The van der Waals surface area contributed by atoms with E-state index in [1.807, 2.05) is 0 Å². The second-order valence-corrected chi connectivity index (χ2v) is 26.6. The van der Waals surface area contributed by atoms with E-state index in [-0.39, 0.29) is 60.1 Å². The summed E-state index contributed by atoms with van der Waals surface area (Å²) in [4.78, 5) is 77.9. The number of hydrogen-bond donors (Lipinski definition) is 0. The van der Waals surface area contributed by atoms with Crippen LogP contribution in [0.1, 0.15) is 427 Å². The highest BCUT2D eigenvalue weighted by atomic mass is 16.6. The van der Waals surface area contributed by atoms with Gasteiger partial charge in [-0.05, 0) is 96.3 Å². The van der Waals surface area contributed by atoms with Crippen LogP contribution in [0.25, 0.3) is 0 Å². The van der Waals surface area contributed by atoms with Crippen molar-refractivity contribution in [1.29, 1.82) is 0 Å². The lowest BCUT2D eigenvalue weighted by Gasteiger charge is -2.20. The van der Waals surface area contributed by atoms with Gasteiger partial charge in [0.1, 0.15) is 18.3 Å². The predicted octanol–water partition coefficient (Wildman–Crippen LogP) is 23.5. The van der Waals surface area contributed by atoms with Crippen molar-refractivity contribution in [1.82, 2.24) is 0 Å². The molecular weight excluding hydrogens is 1180 g/mol. The molecule has 0 amide bonds. The van der Waals surface area contributed by atoms with Crippen LogP contribution in [-0.2, 0) is 66.7 Å². The van der Waals surface area contributed by atoms with Crippen LogP contribution in [-0.4, -0.2) is 88.5 Å². The number of ether oxygens (including phenoxy) is 7. The Morgan fingerprint density at radius 2 is 0.340 bits per heavy atom. The fourth-order valence-electron chi connectivity index (χ4n) is 11.7. The maximum atomic E-state index is 11.4. The van der Waals surface area contributed by atoms with Crippen molar-refractivity contribution < 1.29 is 66.7 Å². The quantitative estimate of drug-likeness (QED) is 0.0318. The van der Waals surface area contributed by atoms with Gasteiger partial charge in [-0.15, -0.1) is 0 Å². The maximum Gasteiger partial charge on any atom is 0.305 e. The van der Waals surface area contributed by atoms with Crippen LogP contribution < -0.4 is 0 Å². The Balaban J connectivity index is -0.000000582. The lowest BCUT2D eigenvalue weighted by atomic mass is 10.0. The normalized spacial score (nSPS) is 11.7. The molecule has 0 saturated heterocycles. The molecule has 0 N–H and O–H groups in total. The summed E-state index contributed by atoms with van der Waals surface area (Å²) in [6, 6.07) is 0. The Morgan fingerprint density at radius 1 is 0.202 bits per heavy atom. The fourth-order valence-corrected chi connectivity index (χ4v) is 11.7. The van der Waals surface area contributed by atoms with Gasteiger partial charge in [0.15, 0.2) is 0 Å². The van der Waals surface area contributed by atoms with Gasteiger partial charge in [0.25, 0.3) is 0 Å². The van der Waals surface area contributed by atoms with Gasteiger partial charge in [-0.2, -0.15) is 0 Å². The van der Waals surface area contributed by atoms with Gasteiger partial charge in [-0.25, -0.2) is 0 Å². The van der Waals surface area contributed by atoms with Crippen LogP contribution in [0.4, 0.5) is 0 Å². The number of methoxy groups -OCH3 is 4. The molecule has 0 aliphatic rings. The first-order valence-corrected chi connectivity index (χ1v) is 39.4. The zero-order chi connectivity index (χ0) is 70.4. The summed E-state index contributed by atoms with van der Waals surface area (Å²) in [5.41, 5.74) is 0. The second-order valence-electron chi connectivity index (χ2n) is 26.6. The van der Waals surface area contributed by atoms with Crippen molar-refractivity contribution in [2.45, 2.75) is 446 Å². The fraction of sp³-hybridized carbons (Fsp3) is 0.912. The van der Waals surface area contributed by atoms with Gasteiger partial charge in [-0.3, -0.25) is 33.6 Å². The molecule has 0 aromatic carbocycles. The van der Waals surface area contributed by atoms with E-state index in [2.05, 4.69) is 46.6 Å². The minimum Gasteiger partial charge on any atom is -0.469 e. The minimum atomic E-state index is -0.243. The van der Waals surface area contributed by atoms with E-state index >= 15 is 0 Å². The van der Waals surface area contributed by atoms with Gasteiger partial charge in [0.2, 0.25) is 0 Å². The first-order chi connectivity index (χ1) is 45.6. The molecule has 0 aromatic rings. The van der Waals surface area contributed by atoms with Gasteiger partial charge in [0, 0.05) is 46.5 Å². The van der Waals surface area contributed by atoms with Crippen molar-refractivity contribution >= 4 is 41.8 Å². The molecule has 14 nitrogen and oxygen atoms in total. The van der Waals surface area contributed by atoms with Crippen molar-refractivity contribution in [3.05, 3.63) is 0 Å². The van der Waals surface area contributed by atoms with Crippen molar-refractivity contribution in [3.63, 3.8) is 0 Å². The first kappa shape index (κ1) is 96.7. The summed E-state index contributed by atoms with van der Waals surface area (Å²) in [6.45, 7) is 13.4. The van der Waals surface area contributed by atoms with Crippen molar-refractivity contribution in [2.75, 3.05) is 28.4 Å². The predicted molar refractivity (Wildman–Crippen MR) is 390 cm³/mol. The minimum absolute atomic E-state index is 0.0353. The van der Waals surface area contributed by atoms with Crippen LogP contribution in [0.15, 0.2) is 0 Å². The monoisotopic (exact) mass is 1340 g/mol. The van der Waals surface area contributed by atoms with Crippen LogP contribution in [0.3, 0.4) is 0 Å². The van der Waals surface area contributed by atoms with Crippen LogP contribution >= 0.6 is 0 Å². The van der Waals surface area contributed by atoms with E-state index in [9.17, 15) is 33.6 Å². The summed E-state index contributed by atoms with van der Waals surface area (Å²) < 4.78 is 34.9. The van der Waals surface area contributed by atoms with Crippen LogP contribution in [0.2, 0.25) is 0 Å². The van der Waals surface area contributed by atoms with Crippen LogP contribution in [0.5, 0.6) is 0 Å². The number of hydrogen-bond acceptors (Lipinski definition) is 14. The highest BCUT2D eigenvalue weighted by Gasteiger charge is 2.17. The van der Waals surface area contributed by atoms with Gasteiger partial charge < -0.3 is 33.2 Å². The van der Waals surface area contributed by atoms with Gasteiger partial charge in [0.05, 0.1) is 28.4 Å². The van der Waals surface area contributed by atoms with E-state index in [1.165, 1.54) is 255 Å². The highest BCUT2D eigenvalue weighted by Crippen LogP contribution is 2.22. The van der Waals surface area contributed by atoms with E-state index in [4.69, 9.17) is 14.2 Å². The van der Waals surface area contributed by atoms with Gasteiger partial charge in [-0.1, -0.05) is 285 Å². The molecule has 0 fully saturated rings. The molecule has 0 bridgehead atoms. The number of rotatable bonds is 65. The Morgan fingerprint density at radius 3 is 0.511 bits per heavy atom. The molecule has 0 heterocycles. The Bertz CT molecular complexity index is 1640. The zero-order valence-electron chi connectivity index (χ0n) is 63.7. The third kappa shape index (κ3) is 86.3. The summed E-state index contributed by atoms with van der Waals surface area (Å²) in [5.74, 6) is -1.03. The summed E-state index contributed by atoms with van der Waals surface area (Å²) in [7, 11) is 5.78. The largest absolute Gasteiger partial charge is 0.469 e.